The summed E-state index contributed by atoms with van der Waals surface area (Å²) >= 11 is 0. The van der Waals surface area contributed by atoms with Gasteiger partial charge in [-0.25, -0.2) is 0 Å². The van der Waals surface area contributed by atoms with Gasteiger partial charge in [-0.3, -0.25) is 4.99 Å². The van der Waals surface area contributed by atoms with Gasteiger partial charge in [0.1, 0.15) is 0 Å². The van der Waals surface area contributed by atoms with Gasteiger partial charge in [0.2, 0.25) is 0 Å². The van der Waals surface area contributed by atoms with Gasteiger partial charge in [0.05, 0.1) is 5.70 Å². The Morgan fingerprint density at radius 1 is 0.765 bits per heavy atom. The van der Waals surface area contributed by atoms with Crippen LogP contribution in [0.3, 0.4) is 0 Å². The number of aliphatic imine (C=N–C) groups is 1. The summed E-state index contributed by atoms with van der Waals surface area (Å²) in [6, 6.07) is 20.8. The Labute approximate surface area is 101 Å². The smallest absolute Gasteiger partial charge is 0.0668 e. The molecule has 0 saturated carbocycles. The standard InChI is InChI=1S/C16H13N/c1-3-7-13(8-4-1)15-11-16(17-12-15)14-9-5-2-6-10-14/h1-12,15H. The number of benzene rings is 2. The summed E-state index contributed by atoms with van der Waals surface area (Å²) in [5.74, 6) is 0.311. The van der Waals surface area contributed by atoms with E-state index in [2.05, 4.69) is 47.5 Å². The number of nitrogens with zero attached hydrogens (tertiary/aromatic N) is 1. The lowest BCUT2D eigenvalue weighted by molar-refractivity contribution is 1.20. The summed E-state index contributed by atoms with van der Waals surface area (Å²) in [5.41, 5.74) is 3.55. The van der Waals surface area contributed by atoms with Crippen LogP contribution in [0.2, 0.25) is 0 Å². The van der Waals surface area contributed by atoms with E-state index in [0.717, 1.165) is 5.70 Å². The van der Waals surface area contributed by atoms with Crippen LogP contribution in [0.15, 0.2) is 71.7 Å². The third kappa shape index (κ3) is 2.04. The minimum Gasteiger partial charge on any atom is -0.260 e. The highest BCUT2D eigenvalue weighted by molar-refractivity contribution is 5.86. The lowest BCUT2D eigenvalue weighted by atomic mass is 10.00. The fourth-order valence-electron chi connectivity index (χ4n) is 2.05. The van der Waals surface area contributed by atoms with E-state index >= 15 is 0 Å². The first-order chi connectivity index (χ1) is 8.43. The van der Waals surface area contributed by atoms with E-state index in [9.17, 15) is 0 Å². The number of rotatable bonds is 2. The minimum atomic E-state index is 0.311. The van der Waals surface area contributed by atoms with E-state index < -0.39 is 0 Å². The fraction of sp³-hybridized carbons (Fsp3) is 0.0625. The maximum Gasteiger partial charge on any atom is 0.0668 e. The molecule has 0 fully saturated rings. The van der Waals surface area contributed by atoms with E-state index in [1.54, 1.807) is 0 Å². The zero-order chi connectivity index (χ0) is 11.5. The van der Waals surface area contributed by atoms with Crippen molar-refractivity contribution >= 4 is 11.9 Å². The Hall–Kier alpha value is -2.15. The number of allylic oxidation sites excluding steroid dienone is 1. The highest BCUT2D eigenvalue weighted by Gasteiger charge is 2.13. The quantitative estimate of drug-likeness (QED) is 0.726. The summed E-state index contributed by atoms with van der Waals surface area (Å²) in [5, 5.41) is 0. The average Bonchev–Trinajstić information content (AvgIpc) is 2.90. The second-order valence-electron chi connectivity index (χ2n) is 4.13. The van der Waals surface area contributed by atoms with Crippen LogP contribution in [-0.2, 0) is 0 Å². The van der Waals surface area contributed by atoms with E-state index in [-0.39, 0.29) is 0 Å². The molecule has 0 saturated heterocycles. The van der Waals surface area contributed by atoms with Crippen molar-refractivity contribution in [2.24, 2.45) is 4.99 Å². The Morgan fingerprint density at radius 2 is 1.41 bits per heavy atom. The Bertz CT molecular complexity index is 553. The molecule has 82 valence electrons. The topological polar surface area (TPSA) is 12.4 Å². The van der Waals surface area contributed by atoms with Gasteiger partial charge < -0.3 is 0 Å². The van der Waals surface area contributed by atoms with Crippen LogP contribution in [0, 0.1) is 0 Å². The molecule has 0 amide bonds. The highest BCUT2D eigenvalue weighted by atomic mass is 14.8. The lowest BCUT2D eigenvalue weighted by Gasteiger charge is -2.03. The molecule has 3 rings (SSSR count). The molecule has 1 unspecified atom stereocenters. The largest absolute Gasteiger partial charge is 0.260 e. The van der Waals surface area contributed by atoms with Crippen molar-refractivity contribution < 1.29 is 0 Å². The first-order valence-corrected chi connectivity index (χ1v) is 5.80. The van der Waals surface area contributed by atoms with Gasteiger partial charge in [-0.15, -0.1) is 0 Å². The molecule has 2 aromatic carbocycles. The van der Waals surface area contributed by atoms with Crippen LogP contribution >= 0.6 is 0 Å². The second kappa shape index (κ2) is 4.38. The Morgan fingerprint density at radius 3 is 2.12 bits per heavy atom. The number of hydrogen-bond donors (Lipinski definition) is 0. The third-order valence-electron chi connectivity index (χ3n) is 2.97. The van der Waals surface area contributed by atoms with E-state index in [1.165, 1.54) is 11.1 Å². The molecule has 2 aromatic rings. The van der Waals surface area contributed by atoms with Crippen molar-refractivity contribution in [3.05, 3.63) is 77.9 Å². The number of hydrogen-bond acceptors (Lipinski definition) is 1. The first-order valence-electron chi connectivity index (χ1n) is 5.80. The van der Waals surface area contributed by atoms with Crippen LogP contribution in [0.5, 0.6) is 0 Å². The zero-order valence-corrected chi connectivity index (χ0v) is 9.45. The van der Waals surface area contributed by atoms with Crippen LogP contribution in [0.1, 0.15) is 17.0 Å². The van der Waals surface area contributed by atoms with Crippen LogP contribution < -0.4 is 0 Å². The normalized spacial score (nSPS) is 18.1. The predicted octanol–water partition coefficient (Wildman–Crippen LogP) is 3.90. The van der Waals surface area contributed by atoms with Crippen molar-refractivity contribution in [3.63, 3.8) is 0 Å². The molecule has 0 N–H and O–H groups in total. The molecule has 0 bridgehead atoms. The highest BCUT2D eigenvalue weighted by Crippen LogP contribution is 2.28. The van der Waals surface area contributed by atoms with Crippen LogP contribution in [-0.4, -0.2) is 6.21 Å². The van der Waals surface area contributed by atoms with Crippen molar-refractivity contribution in [1.29, 1.82) is 0 Å². The van der Waals surface area contributed by atoms with Crippen molar-refractivity contribution in [2.75, 3.05) is 0 Å². The van der Waals surface area contributed by atoms with Crippen molar-refractivity contribution in [3.8, 4) is 0 Å². The molecule has 0 aliphatic carbocycles. The van der Waals surface area contributed by atoms with Gasteiger partial charge in [-0.1, -0.05) is 60.7 Å². The van der Waals surface area contributed by atoms with E-state index in [1.807, 2.05) is 30.5 Å². The van der Waals surface area contributed by atoms with Gasteiger partial charge in [-0.2, -0.15) is 0 Å². The van der Waals surface area contributed by atoms with Crippen LogP contribution in [0.4, 0.5) is 0 Å². The first kappa shape index (κ1) is 10.0. The fourth-order valence-corrected chi connectivity index (χ4v) is 2.05. The predicted molar refractivity (Wildman–Crippen MR) is 72.1 cm³/mol. The molecule has 1 heteroatoms. The van der Waals surface area contributed by atoms with E-state index in [4.69, 9.17) is 0 Å². The summed E-state index contributed by atoms with van der Waals surface area (Å²) in [7, 11) is 0. The Balaban J connectivity index is 1.91. The SMILES string of the molecule is C1=NC(c2ccccc2)=CC1c1ccccc1. The van der Waals surface area contributed by atoms with Gasteiger partial charge in [-0.05, 0) is 17.2 Å². The van der Waals surface area contributed by atoms with Crippen molar-refractivity contribution in [1.82, 2.24) is 0 Å². The average molecular weight is 219 g/mol. The third-order valence-corrected chi connectivity index (χ3v) is 2.97. The summed E-state index contributed by atoms with van der Waals surface area (Å²) < 4.78 is 0. The summed E-state index contributed by atoms with van der Waals surface area (Å²) in [6.45, 7) is 0. The molecular formula is C16H13N. The molecule has 1 aliphatic rings. The van der Waals surface area contributed by atoms with Gasteiger partial charge in [0.25, 0.3) is 0 Å². The molecule has 0 spiro atoms. The second-order valence-corrected chi connectivity index (χ2v) is 4.13. The maximum atomic E-state index is 4.50. The van der Waals surface area contributed by atoms with E-state index in [0.29, 0.717) is 5.92 Å². The van der Waals surface area contributed by atoms with Crippen molar-refractivity contribution in [2.45, 2.75) is 5.92 Å². The molecule has 1 atom stereocenters. The summed E-state index contributed by atoms with van der Waals surface area (Å²) in [4.78, 5) is 4.50. The monoisotopic (exact) mass is 219 g/mol. The molecule has 1 nitrogen and oxygen atoms in total. The molecule has 17 heavy (non-hydrogen) atoms. The van der Waals surface area contributed by atoms with Gasteiger partial charge >= 0.3 is 0 Å². The van der Waals surface area contributed by atoms with Gasteiger partial charge in [0.15, 0.2) is 0 Å². The molecule has 1 heterocycles. The van der Waals surface area contributed by atoms with Gasteiger partial charge in [0, 0.05) is 12.1 Å². The molecular weight excluding hydrogens is 206 g/mol. The van der Waals surface area contributed by atoms with Crippen LogP contribution in [0.25, 0.3) is 5.70 Å². The molecule has 0 radical (unpaired) electrons. The molecule has 0 aromatic heterocycles. The lowest BCUT2D eigenvalue weighted by Crippen LogP contribution is -1.91. The maximum absolute atomic E-state index is 4.50. The Kier molecular flexibility index (Phi) is 2.59. The zero-order valence-electron chi connectivity index (χ0n) is 9.45. The molecule has 1 aliphatic heterocycles. The minimum absolute atomic E-state index is 0.311. The summed E-state index contributed by atoms with van der Waals surface area (Å²) in [6.07, 6.45) is 4.22.